The molecule has 0 aromatic carbocycles. The van der Waals surface area contributed by atoms with E-state index in [1.807, 2.05) is 32.7 Å². The molecule has 1 fully saturated rings. The SMILES string of the molecule is Cn1ccc(CNCCC2CCCN(C(=O)OC(C)(C)C)C2)c1. The van der Waals surface area contributed by atoms with Crippen LogP contribution in [0.2, 0.25) is 0 Å². The third-order valence-corrected chi connectivity index (χ3v) is 4.12. The van der Waals surface area contributed by atoms with Gasteiger partial charge < -0.3 is 19.5 Å². The lowest BCUT2D eigenvalue weighted by Gasteiger charge is -2.34. The predicted molar refractivity (Wildman–Crippen MR) is 92.3 cm³/mol. The zero-order valence-electron chi connectivity index (χ0n) is 15.0. The number of rotatable bonds is 5. The minimum absolute atomic E-state index is 0.167. The molecule has 1 aromatic heterocycles. The van der Waals surface area contributed by atoms with Gasteiger partial charge in [-0.3, -0.25) is 0 Å². The second-order valence-corrected chi connectivity index (χ2v) is 7.59. The van der Waals surface area contributed by atoms with Crippen molar-refractivity contribution >= 4 is 6.09 Å². The maximum absolute atomic E-state index is 12.2. The minimum Gasteiger partial charge on any atom is -0.444 e. The van der Waals surface area contributed by atoms with E-state index in [9.17, 15) is 4.79 Å². The number of nitrogens with one attached hydrogen (secondary N) is 1. The molecule has 5 heteroatoms. The Labute approximate surface area is 140 Å². The van der Waals surface area contributed by atoms with Gasteiger partial charge in [-0.15, -0.1) is 0 Å². The van der Waals surface area contributed by atoms with Crippen LogP contribution in [0.25, 0.3) is 0 Å². The fraction of sp³-hybridized carbons (Fsp3) is 0.722. The third kappa shape index (κ3) is 6.26. The molecule has 2 rings (SSSR count). The topological polar surface area (TPSA) is 46.5 Å². The van der Waals surface area contributed by atoms with Gasteiger partial charge in [-0.1, -0.05) is 0 Å². The van der Waals surface area contributed by atoms with Gasteiger partial charge in [0.05, 0.1) is 0 Å². The van der Waals surface area contributed by atoms with E-state index in [-0.39, 0.29) is 6.09 Å². The largest absolute Gasteiger partial charge is 0.444 e. The van der Waals surface area contributed by atoms with Crippen LogP contribution in [0.15, 0.2) is 18.5 Å². The summed E-state index contributed by atoms with van der Waals surface area (Å²) in [4.78, 5) is 14.0. The van der Waals surface area contributed by atoms with E-state index in [4.69, 9.17) is 4.74 Å². The highest BCUT2D eigenvalue weighted by Crippen LogP contribution is 2.21. The van der Waals surface area contributed by atoms with Crippen LogP contribution in [0.5, 0.6) is 0 Å². The second-order valence-electron chi connectivity index (χ2n) is 7.59. The zero-order valence-corrected chi connectivity index (χ0v) is 15.0. The summed E-state index contributed by atoms with van der Waals surface area (Å²) in [5, 5.41) is 3.50. The van der Waals surface area contributed by atoms with Crippen molar-refractivity contribution in [2.75, 3.05) is 19.6 Å². The normalized spacial score (nSPS) is 19.0. The standard InChI is InChI=1S/C18H31N3O2/c1-18(2,3)23-17(22)21-10-5-6-15(14-21)7-9-19-12-16-8-11-20(4)13-16/h8,11,13,15,19H,5-7,9-10,12,14H2,1-4H3. The highest BCUT2D eigenvalue weighted by atomic mass is 16.6. The van der Waals surface area contributed by atoms with E-state index in [1.54, 1.807) is 0 Å². The Hall–Kier alpha value is -1.49. The molecule has 1 aliphatic rings. The highest BCUT2D eigenvalue weighted by molar-refractivity contribution is 5.68. The van der Waals surface area contributed by atoms with Gasteiger partial charge >= 0.3 is 6.09 Å². The summed E-state index contributed by atoms with van der Waals surface area (Å²) < 4.78 is 7.55. The van der Waals surface area contributed by atoms with E-state index in [0.717, 1.165) is 39.0 Å². The molecule has 1 aromatic rings. The molecule has 1 unspecified atom stereocenters. The van der Waals surface area contributed by atoms with Crippen LogP contribution >= 0.6 is 0 Å². The fourth-order valence-corrected chi connectivity index (χ4v) is 3.00. The number of piperidine rings is 1. The number of ether oxygens (including phenoxy) is 1. The lowest BCUT2D eigenvalue weighted by atomic mass is 9.95. The molecule has 130 valence electrons. The second kappa shape index (κ2) is 7.86. The Morgan fingerprint density at radius 3 is 2.87 bits per heavy atom. The number of amides is 1. The smallest absolute Gasteiger partial charge is 0.410 e. The van der Waals surface area contributed by atoms with Crippen LogP contribution in [0.3, 0.4) is 0 Å². The van der Waals surface area contributed by atoms with Gasteiger partial charge in [0.15, 0.2) is 0 Å². The molecule has 5 nitrogen and oxygen atoms in total. The van der Waals surface area contributed by atoms with E-state index in [2.05, 4.69) is 28.3 Å². The number of aryl methyl sites for hydroxylation is 1. The first-order valence-electron chi connectivity index (χ1n) is 8.63. The molecule has 1 amide bonds. The molecule has 1 atom stereocenters. The number of carbonyl (C=O) groups is 1. The van der Waals surface area contributed by atoms with E-state index < -0.39 is 5.60 Å². The van der Waals surface area contributed by atoms with Gasteiger partial charge in [-0.2, -0.15) is 0 Å². The average molecular weight is 321 g/mol. The molecule has 0 bridgehead atoms. The summed E-state index contributed by atoms with van der Waals surface area (Å²) in [6, 6.07) is 2.14. The van der Waals surface area contributed by atoms with Crippen LogP contribution < -0.4 is 5.32 Å². The Morgan fingerprint density at radius 1 is 1.43 bits per heavy atom. The van der Waals surface area contributed by atoms with Crippen LogP contribution in [0, 0.1) is 5.92 Å². The van der Waals surface area contributed by atoms with Crippen molar-refractivity contribution in [2.24, 2.45) is 13.0 Å². The van der Waals surface area contributed by atoms with Crippen molar-refractivity contribution in [2.45, 2.75) is 52.2 Å². The summed E-state index contributed by atoms with van der Waals surface area (Å²) >= 11 is 0. The zero-order chi connectivity index (χ0) is 16.9. The maximum atomic E-state index is 12.2. The molecule has 0 aliphatic carbocycles. The minimum atomic E-state index is -0.415. The first kappa shape index (κ1) is 17.9. The number of hydrogen-bond donors (Lipinski definition) is 1. The Kier molecular flexibility index (Phi) is 6.10. The van der Waals surface area contributed by atoms with Crippen molar-refractivity contribution in [3.8, 4) is 0 Å². The van der Waals surface area contributed by atoms with Crippen molar-refractivity contribution in [3.63, 3.8) is 0 Å². The van der Waals surface area contributed by atoms with E-state index in [1.165, 1.54) is 12.0 Å². The van der Waals surface area contributed by atoms with Crippen LogP contribution in [0.4, 0.5) is 4.79 Å². The summed E-state index contributed by atoms with van der Waals surface area (Å²) in [5.74, 6) is 0.569. The highest BCUT2D eigenvalue weighted by Gasteiger charge is 2.27. The third-order valence-electron chi connectivity index (χ3n) is 4.12. The Balaban J connectivity index is 1.68. The van der Waals surface area contributed by atoms with Gasteiger partial charge in [-0.25, -0.2) is 4.79 Å². The van der Waals surface area contributed by atoms with Crippen molar-refractivity contribution in [1.82, 2.24) is 14.8 Å². The van der Waals surface area contributed by atoms with Gasteiger partial charge in [0.25, 0.3) is 0 Å². The summed E-state index contributed by atoms with van der Waals surface area (Å²) in [7, 11) is 2.04. The molecule has 1 aliphatic heterocycles. The molecule has 0 saturated carbocycles. The van der Waals surface area contributed by atoms with Crippen LogP contribution in [-0.2, 0) is 18.3 Å². The first-order chi connectivity index (χ1) is 10.8. The summed E-state index contributed by atoms with van der Waals surface area (Å²) in [5.41, 5.74) is 0.896. The lowest BCUT2D eigenvalue weighted by Crippen LogP contribution is -2.43. The maximum Gasteiger partial charge on any atom is 0.410 e. The van der Waals surface area contributed by atoms with Gasteiger partial charge in [0.1, 0.15) is 5.60 Å². The lowest BCUT2D eigenvalue weighted by molar-refractivity contribution is 0.0162. The fourth-order valence-electron chi connectivity index (χ4n) is 3.00. The van der Waals surface area contributed by atoms with Crippen molar-refractivity contribution in [3.05, 3.63) is 24.0 Å². The molecule has 0 spiro atoms. The number of carbonyl (C=O) groups excluding carboxylic acids is 1. The summed E-state index contributed by atoms with van der Waals surface area (Å²) in [6.07, 6.45) is 7.41. The van der Waals surface area contributed by atoms with Gasteiger partial charge in [0.2, 0.25) is 0 Å². The van der Waals surface area contributed by atoms with Gasteiger partial charge in [0, 0.05) is 39.1 Å². The molecular weight excluding hydrogens is 290 g/mol. The van der Waals surface area contributed by atoms with Crippen molar-refractivity contribution < 1.29 is 9.53 Å². The van der Waals surface area contributed by atoms with Gasteiger partial charge in [-0.05, 0) is 64.1 Å². The molecular formula is C18H31N3O2. The first-order valence-corrected chi connectivity index (χ1v) is 8.63. The Morgan fingerprint density at radius 2 is 2.22 bits per heavy atom. The number of nitrogens with zero attached hydrogens (tertiary/aromatic N) is 2. The number of hydrogen-bond acceptors (Lipinski definition) is 3. The van der Waals surface area contributed by atoms with Crippen molar-refractivity contribution in [1.29, 1.82) is 0 Å². The quantitative estimate of drug-likeness (QED) is 0.848. The molecule has 0 radical (unpaired) electrons. The predicted octanol–water partition coefficient (Wildman–Crippen LogP) is 3.15. The summed E-state index contributed by atoms with van der Waals surface area (Å²) in [6.45, 7) is 9.29. The molecule has 23 heavy (non-hydrogen) atoms. The average Bonchev–Trinajstić information content (AvgIpc) is 2.88. The van der Waals surface area contributed by atoms with Crippen LogP contribution in [0.1, 0.15) is 45.6 Å². The van der Waals surface area contributed by atoms with Crippen LogP contribution in [-0.4, -0.2) is 40.8 Å². The van der Waals surface area contributed by atoms with E-state index >= 15 is 0 Å². The molecule has 2 heterocycles. The number of likely N-dealkylation sites (tertiary alicyclic amines) is 1. The van der Waals surface area contributed by atoms with E-state index in [0.29, 0.717) is 5.92 Å². The number of aromatic nitrogens is 1. The molecule has 1 N–H and O–H groups in total. The Bertz CT molecular complexity index is 505. The monoisotopic (exact) mass is 321 g/mol. The molecule has 1 saturated heterocycles.